The van der Waals surface area contributed by atoms with E-state index in [0.717, 1.165) is 26.2 Å². The third-order valence-corrected chi connectivity index (χ3v) is 3.95. The predicted octanol–water partition coefficient (Wildman–Crippen LogP) is 3.39. The van der Waals surface area contributed by atoms with Gasteiger partial charge in [-0.2, -0.15) is 0 Å². The van der Waals surface area contributed by atoms with Gasteiger partial charge in [-0.25, -0.2) is 0 Å². The Morgan fingerprint density at radius 1 is 0.900 bits per heavy atom. The monoisotopic (exact) mass is 282 g/mol. The van der Waals surface area contributed by atoms with Crippen LogP contribution in [0.1, 0.15) is 60.8 Å². The van der Waals surface area contributed by atoms with Crippen LogP contribution in [-0.2, 0) is 4.79 Å². The zero-order valence-electron chi connectivity index (χ0n) is 14.5. The van der Waals surface area contributed by atoms with Crippen molar-refractivity contribution in [1.82, 2.24) is 9.80 Å². The van der Waals surface area contributed by atoms with Crippen molar-refractivity contribution < 1.29 is 4.79 Å². The fourth-order valence-corrected chi connectivity index (χ4v) is 2.64. The predicted molar refractivity (Wildman–Crippen MR) is 85.8 cm³/mol. The molecule has 0 spiro atoms. The standard InChI is InChI=1S/C17H34N2O/c1-16(2,3)9-7-8-10-18-11-13-19(14-12-18)15(20)17(4,5)6/h7-14H2,1-6H3. The molecule has 3 nitrogen and oxygen atoms in total. The van der Waals surface area contributed by atoms with Crippen LogP contribution in [0.25, 0.3) is 0 Å². The van der Waals surface area contributed by atoms with Crippen molar-refractivity contribution in [1.29, 1.82) is 0 Å². The van der Waals surface area contributed by atoms with Gasteiger partial charge in [0.05, 0.1) is 0 Å². The molecule has 0 saturated carbocycles. The normalized spacial score (nSPS) is 18.4. The summed E-state index contributed by atoms with van der Waals surface area (Å²) in [4.78, 5) is 16.7. The molecule has 0 aromatic rings. The third-order valence-electron chi connectivity index (χ3n) is 3.95. The first-order valence-electron chi connectivity index (χ1n) is 8.11. The lowest BCUT2D eigenvalue weighted by Crippen LogP contribution is -2.51. The van der Waals surface area contributed by atoms with Gasteiger partial charge in [-0.05, 0) is 24.8 Å². The third kappa shape index (κ3) is 6.25. The molecular weight excluding hydrogens is 248 g/mol. The van der Waals surface area contributed by atoms with Gasteiger partial charge < -0.3 is 4.90 Å². The fourth-order valence-electron chi connectivity index (χ4n) is 2.64. The lowest BCUT2D eigenvalue weighted by atomic mass is 9.90. The van der Waals surface area contributed by atoms with Crippen molar-refractivity contribution in [2.45, 2.75) is 60.8 Å². The molecule has 0 unspecified atom stereocenters. The molecular formula is C17H34N2O. The van der Waals surface area contributed by atoms with Crippen molar-refractivity contribution in [2.75, 3.05) is 32.7 Å². The van der Waals surface area contributed by atoms with Crippen LogP contribution >= 0.6 is 0 Å². The van der Waals surface area contributed by atoms with Gasteiger partial charge in [-0.1, -0.05) is 48.0 Å². The summed E-state index contributed by atoms with van der Waals surface area (Å²) in [5.74, 6) is 0.296. The van der Waals surface area contributed by atoms with Gasteiger partial charge in [0.25, 0.3) is 0 Å². The van der Waals surface area contributed by atoms with E-state index in [9.17, 15) is 4.79 Å². The van der Waals surface area contributed by atoms with Crippen molar-refractivity contribution in [3.05, 3.63) is 0 Å². The van der Waals surface area contributed by atoms with Crippen molar-refractivity contribution in [2.24, 2.45) is 10.8 Å². The maximum atomic E-state index is 12.2. The van der Waals surface area contributed by atoms with E-state index >= 15 is 0 Å². The minimum absolute atomic E-state index is 0.241. The summed E-state index contributed by atoms with van der Waals surface area (Å²) in [6.07, 6.45) is 3.89. The maximum Gasteiger partial charge on any atom is 0.228 e. The van der Waals surface area contributed by atoms with Crippen LogP contribution in [0.2, 0.25) is 0 Å². The molecule has 1 amide bonds. The van der Waals surface area contributed by atoms with Gasteiger partial charge in [0.15, 0.2) is 0 Å². The quantitative estimate of drug-likeness (QED) is 0.738. The molecule has 1 aliphatic heterocycles. The Morgan fingerprint density at radius 2 is 1.45 bits per heavy atom. The maximum absolute atomic E-state index is 12.2. The largest absolute Gasteiger partial charge is 0.340 e. The van der Waals surface area contributed by atoms with E-state index in [4.69, 9.17) is 0 Å². The van der Waals surface area contributed by atoms with Gasteiger partial charge >= 0.3 is 0 Å². The molecule has 0 bridgehead atoms. The highest BCUT2D eigenvalue weighted by atomic mass is 16.2. The molecule has 0 atom stereocenters. The van der Waals surface area contributed by atoms with Crippen LogP contribution < -0.4 is 0 Å². The summed E-state index contributed by atoms with van der Waals surface area (Å²) >= 11 is 0. The topological polar surface area (TPSA) is 23.6 Å². The summed E-state index contributed by atoms with van der Waals surface area (Å²) in [7, 11) is 0. The first-order chi connectivity index (χ1) is 9.09. The van der Waals surface area contributed by atoms with Crippen LogP contribution in [-0.4, -0.2) is 48.4 Å². The minimum Gasteiger partial charge on any atom is -0.340 e. The second kappa shape index (κ2) is 6.93. The number of hydrogen-bond donors (Lipinski definition) is 0. The first-order valence-corrected chi connectivity index (χ1v) is 8.11. The van der Waals surface area contributed by atoms with Crippen LogP contribution in [0.5, 0.6) is 0 Å². The molecule has 1 aliphatic rings. The Balaban J connectivity index is 2.21. The van der Waals surface area contributed by atoms with E-state index in [2.05, 4.69) is 25.7 Å². The molecule has 0 radical (unpaired) electrons. The number of amides is 1. The summed E-state index contributed by atoms with van der Waals surface area (Å²) < 4.78 is 0. The molecule has 0 aromatic carbocycles. The van der Waals surface area contributed by atoms with Crippen LogP contribution in [0.15, 0.2) is 0 Å². The second-order valence-electron chi connectivity index (χ2n) is 8.40. The van der Waals surface area contributed by atoms with E-state index in [1.165, 1.54) is 25.8 Å². The van der Waals surface area contributed by atoms with Crippen molar-refractivity contribution >= 4 is 5.91 Å². The number of nitrogens with zero attached hydrogens (tertiary/aromatic N) is 2. The van der Waals surface area contributed by atoms with E-state index in [0.29, 0.717) is 11.3 Å². The highest BCUT2D eigenvalue weighted by Crippen LogP contribution is 2.22. The number of piperazine rings is 1. The Morgan fingerprint density at radius 3 is 1.90 bits per heavy atom. The van der Waals surface area contributed by atoms with E-state index in [1.54, 1.807) is 0 Å². The van der Waals surface area contributed by atoms with Crippen LogP contribution in [0.3, 0.4) is 0 Å². The Bertz CT molecular complexity index is 304. The van der Waals surface area contributed by atoms with Gasteiger partial charge in [0.2, 0.25) is 5.91 Å². The molecule has 1 fully saturated rings. The molecule has 1 rings (SSSR count). The van der Waals surface area contributed by atoms with E-state index in [1.807, 2.05) is 25.7 Å². The average Bonchev–Trinajstić information content (AvgIpc) is 2.32. The van der Waals surface area contributed by atoms with E-state index < -0.39 is 0 Å². The summed E-state index contributed by atoms with van der Waals surface area (Å²) in [6.45, 7) is 18.0. The lowest BCUT2D eigenvalue weighted by molar-refractivity contribution is -0.141. The molecule has 0 N–H and O–H groups in total. The number of carbonyl (C=O) groups is 1. The van der Waals surface area contributed by atoms with Gasteiger partial charge in [0, 0.05) is 31.6 Å². The molecule has 118 valence electrons. The zero-order valence-corrected chi connectivity index (χ0v) is 14.5. The van der Waals surface area contributed by atoms with Gasteiger partial charge in [-0.15, -0.1) is 0 Å². The highest BCUT2D eigenvalue weighted by molar-refractivity contribution is 5.81. The fraction of sp³-hybridized carbons (Fsp3) is 0.941. The molecule has 20 heavy (non-hydrogen) atoms. The van der Waals surface area contributed by atoms with Crippen LogP contribution in [0.4, 0.5) is 0 Å². The minimum atomic E-state index is -0.241. The highest BCUT2D eigenvalue weighted by Gasteiger charge is 2.29. The van der Waals surface area contributed by atoms with Crippen molar-refractivity contribution in [3.63, 3.8) is 0 Å². The summed E-state index contributed by atoms with van der Waals surface area (Å²) in [5.41, 5.74) is 0.215. The molecule has 3 heteroatoms. The Labute approximate surface area is 125 Å². The smallest absolute Gasteiger partial charge is 0.228 e. The first kappa shape index (κ1) is 17.5. The molecule has 1 saturated heterocycles. The Kier molecular flexibility index (Phi) is 6.06. The summed E-state index contributed by atoms with van der Waals surface area (Å²) in [6, 6.07) is 0. The Hall–Kier alpha value is -0.570. The second-order valence-corrected chi connectivity index (χ2v) is 8.40. The zero-order chi connectivity index (χ0) is 15.4. The number of hydrogen-bond acceptors (Lipinski definition) is 2. The van der Waals surface area contributed by atoms with Gasteiger partial charge in [0.1, 0.15) is 0 Å². The summed E-state index contributed by atoms with van der Waals surface area (Å²) in [5, 5.41) is 0. The van der Waals surface area contributed by atoms with Crippen LogP contribution in [0, 0.1) is 10.8 Å². The van der Waals surface area contributed by atoms with Gasteiger partial charge in [-0.3, -0.25) is 9.69 Å². The number of unbranched alkanes of at least 4 members (excludes halogenated alkanes) is 1. The number of carbonyl (C=O) groups excluding carboxylic acids is 1. The van der Waals surface area contributed by atoms with Crippen molar-refractivity contribution in [3.8, 4) is 0 Å². The average molecular weight is 282 g/mol. The molecule has 0 aliphatic carbocycles. The SMILES string of the molecule is CC(C)(C)CCCCN1CCN(C(=O)C(C)(C)C)CC1. The number of rotatable bonds is 4. The lowest BCUT2D eigenvalue weighted by Gasteiger charge is -2.37. The van der Waals surface area contributed by atoms with E-state index in [-0.39, 0.29) is 5.41 Å². The molecule has 0 aromatic heterocycles. The molecule has 1 heterocycles.